The minimum atomic E-state index is -4.32. The van der Waals surface area contributed by atoms with Crippen molar-refractivity contribution in [3.63, 3.8) is 0 Å². The van der Waals surface area contributed by atoms with E-state index in [0.29, 0.717) is 5.75 Å². The first-order valence-electron chi connectivity index (χ1n) is 16.3. The van der Waals surface area contributed by atoms with Crippen molar-refractivity contribution in [3.05, 3.63) is 118 Å². The molecular formula is C38H42BrN3O6S. The second-order valence-electron chi connectivity index (χ2n) is 12.2. The molecule has 0 saturated heterocycles. The highest BCUT2D eigenvalue weighted by molar-refractivity contribution is 9.10. The molecule has 5 rings (SSSR count). The summed E-state index contributed by atoms with van der Waals surface area (Å²) in [6.45, 7) is 1.34. The molecule has 1 aliphatic carbocycles. The largest absolute Gasteiger partial charge is 0.497 e. The number of aryl methyl sites for hydroxylation is 1. The highest BCUT2D eigenvalue weighted by Crippen LogP contribution is 2.36. The predicted octanol–water partition coefficient (Wildman–Crippen LogP) is 6.67. The van der Waals surface area contributed by atoms with Crippen molar-refractivity contribution in [2.24, 2.45) is 0 Å². The monoisotopic (exact) mass is 747 g/mol. The molecule has 0 aliphatic heterocycles. The molecule has 11 heteroatoms. The van der Waals surface area contributed by atoms with Crippen LogP contribution in [0.15, 0.2) is 106 Å². The van der Waals surface area contributed by atoms with Crippen LogP contribution in [0.25, 0.3) is 0 Å². The summed E-state index contributed by atoms with van der Waals surface area (Å²) in [6, 6.07) is 27.4. The van der Waals surface area contributed by atoms with Gasteiger partial charge in [0.2, 0.25) is 11.8 Å². The van der Waals surface area contributed by atoms with Gasteiger partial charge in [-0.25, -0.2) is 8.42 Å². The number of benzene rings is 4. The van der Waals surface area contributed by atoms with Crippen LogP contribution in [-0.4, -0.2) is 58.0 Å². The number of nitrogens with one attached hydrogen (secondary N) is 1. The fraction of sp³-hybridized carbons (Fsp3) is 0.316. The third-order valence-electron chi connectivity index (χ3n) is 8.76. The number of sulfonamides is 1. The third-order valence-corrected chi connectivity index (χ3v) is 11.0. The predicted molar refractivity (Wildman–Crippen MR) is 194 cm³/mol. The number of halogens is 1. The fourth-order valence-corrected chi connectivity index (χ4v) is 7.96. The molecule has 4 aromatic carbocycles. The molecular weight excluding hydrogens is 706 g/mol. The highest BCUT2D eigenvalue weighted by atomic mass is 79.9. The average molecular weight is 749 g/mol. The molecule has 49 heavy (non-hydrogen) atoms. The molecule has 258 valence electrons. The summed E-state index contributed by atoms with van der Waals surface area (Å²) in [5, 5.41) is 3.20. The van der Waals surface area contributed by atoms with Crippen molar-refractivity contribution >= 4 is 43.5 Å². The van der Waals surface area contributed by atoms with Crippen molar-refractivity contribution < 1.29 is 27.5 Å². The van der Waals surface area contributed by atoms with Gasteiger partial charge in [0, 0.05) is 29.5 Å². The van der Waals surface area contributed by atoms with Gasteiger partial charge < -0.3 is 19.7 Å². The molecule has 0 aromatic heterocycles. The van der Waals surface area contributed by atoms with Gasteiger partial charge in [-0.2, -0.15) is 0 Å². The molecule has 0 radical (unpaired) electrons. The zero-order chi connectivity index (χ0) is 35.0. The number of nitrogens with zero attached hydrogens (tertiary/aromatic N) is 2. The van der Waals surface area contributed by atoms with Gasteiger partial charge >= 0.3 is 0 Å². The molecule has 2 amide bonds. The van der Waals surface area contributed by atoms with E-state index in [9.17, 15) is 18.0 Å². The Labute approximate surface area is 297 Å². The summed E-state index contributed by atoms with van der Waals surface area (Å²) in [5.41, 5.74) is 2.67. The van der Waals surface area contributed by atoms with E-state index in [1.165, 1.54) is 37.3 Å². The average Bonchev–Trinajstić information content (AvgIpc) is 3.62. The Hall–Kier alpha value is -4.35. The number of hydrogen-bond acceptors (Lipinski definition) is 6. The van der Waals surface area contributed by atoms with Gasteiger partial charge in [-0.3, -0.25) is 13.9 Å². The number of hydrogen-bond donors (Lipinski definition) is 1. The van der Waals surface area contributed by atoms with E-state index in [-0.39, 0.29) is 41.2 Å². The molecule has 1 fully saturated rings. The van der Waals surface area contributed by atoms with Crippen LogP contribution in [0.2, 0.25) is 0 Å². The van der Waals surface area contributed by atoms with E-state index < -0.39 is 28.5 Å². The maximum absolute atomic E-state index is 14.8. The molecule has 0 heterocycles. The molecule has 1 saturated carbocycles. The fourth-order valence-electron chi connectivity index (χ4n) is 6.10. The lowest BCUT2D eigenvalue weighted by atomic mass is 10.0. The van der Waals surface area contributed by atoms with Crippen LogP contribution in [0.3, 0.4) is 0 Å². The second kappa shape index (κ2) is 16.4. The molecule has 0 bridgehead atoms. The Balaban J connectivity index is 1.62. The van der Waals surface area contributed by atoms with Crippen LogP contribution in [0, 0.1) is 6.92 Å². The number of carbonyl (C=O) groups is 2. The zero-order valence-electron chi connectivity index (χ0n) is 28.0. The number of amides is 2. The summed E-state index contributed by atoms with van der Waals surface area (Å²) in [4.78, 5) is 30.6. The number of rotatable bonds is 14. The standard InChI is InChI=1S/C38H42BrN3O6S/c1-27-16-19-33(20-17-27)49(45,46)42(34-24-32(47-2)18-21-36(34)48-3)26-37(43)41(25-29-12-9-13-30(39)22-29)35(23-28-10-5-4-6-11-28)38(44)40-31-14-7-8-15-31/h4-6,9-13,16-22,24,31,35H,7-8,14-15,23,25-26H2,1-3H3,(H,40,44). The molecule has 1 unspecified atom stereocenters. The number of carbonyl (C=O) groups excluding carboxylic acids is 2. The van der Waals surface area contributed by atoms with Crippen LogP contribution in [-0.2, 0) is 32.6 Å². The molecule has 1 aliphatic rings. The van der Waals surface area contributed by atoms with Gasteiger partial charge in [0.25, 0.3) is 10.0 Å². The lowest BCUT2D eigenvalue weighted by Gasteiger charge is -2.34. The van der Waals surface area contributed by atoms with E-state index in [2.05, 4.69) is 21.2 Å². The Bertz CT molecular complexity index is 1850. The van der Waals surface area contributed by atoms with Crippen molar-refractivity contribution in [1.29, 1.82) is 0 Å². The lowest BCUT2D eigenvalue weighted by Crippen LogP contribution is -2.54. The summed E-state index contributed by atoms with van der Waals surface area (Å²) >= 11 is 3.53. The van der Waals surface area contributed by atoms with Gasteiger partial charge in [-0.1, -0.05) is 88.9 Å². The summed E-state index contributed by atoms with van der Waals surface area (Å²) in [7, 11) is -1.40. The number of anilines is 1. The topological polar surface area (TPSA) is 105 Å². The summed E-state index contributed by atoms with van der Waals surface area (Å²) in [5.74, 6) is -0.201. The minimum Gasteiger partial charge on any atom is -0.497 e. The third kappa shape index (κ3) is 9.01. The van der Waals surface area contributed by atoms with Gasteiger partial charge in [-0.15, -0.1) is 0 Å². The molecule has 4 aromatic rings. The van der Waals surface area contributed by atoms with E-state index in [4.69, 9.17) is 9.47 Å². The molecule has 1 N–H and O–H groups in total. The first-order valence-corrected chi connectivity index (χ1v) is 18.5. The normalized spacial score (nSPS) is 13.8. The van der Waals surface area contributed by atoms with Crippen LogP contribution < -0.4 is 19.1 Å². The lowest BCUT2D eigenvalue weighted by molar-refractivity contribution is -0.140. The maximum Gasteiger partial charge on any atom is 0.264 e. The van der Waals surface area contributed by atoms with Gasteiger partial charge in [-0.05, 0) is 67.3 Å². The van der Waals surface area contributed by atoms with Crippen molar-refractivity contribution in [3.8, 4) is 11.5 Å². The SMILES string of the molecule is COc1ccc(OC)c(N(CC(=O)N(Cc2cccc(Br)c2)C(Cc2ccccc2)C(=O)NC2CCCC2)S(=O)(=O)c2ccc(C)cc2)c1. The van der Waals surface area contributed by atoms with E-state index >= 15 is 0 Å². The zero-order valence-corrected chi connectivity index (χ0v) is 30.4. The van der Waals surface area contributed by atoms with Crippen LogP contribution >= 0.6 is 15.9 Å². The van der Waals surface area contributed by atoms with Gasteiger partial charge in [0.05, 0.1) is 24.8 Å². The van der Waals surface area contributed by atoms with Crippen LogP contribution in [0.4, 0.5) is 5.69 Å². The first kappa shape index (κ1) is 35.9. The smallest absolute Gasteiger partial charge is 0.264 e. The molecule has 1 atom stereocenters. The van der Waals surface area contributed by atoms with E-state index in [0.717, 1.165) is 51.2 Å². The summed E-state index contributed by atoms with van der Waals surface area (Å²) < 4.78 is 41.9. The van der Waals surface area contributed by atoms with E-state index in [1.807, 2.05) is 61.5 Å². The highest BCUT2D eigenvalue weighted by Gasteiger charge is 2.36. The second-order valence-corrected chi connectivity index (χ2v) is 15.0. The quantitative estimate of drug-likeness (QED) is 0.155. The van der Waals surface area contributed by atoms with Crippen molar-refractivity contribution in [2.45, 2.75) is 62.6 Å². The van der Waals surface area contributed by atoms with Crippen molar-refractivity contribution in [2.75, 3.05) is 25.1 Å². The molecule has 0 spiro atoms. The Morgan fingerprint density at radius 2 is 1.57 bits per heavy atom. The first-order chi connectivity index (χ1) is 23.6. The molecule has 9 nitrogen and oxygen atoms in total. The van der Waals surface area contributed by atoms with Gasteiger partial charge in [0.15, 0.2) is 0 Å². The number of methoxy groups -OCH3 is 2. The minimum absolute atomic E-state index is 0.00845. The van der Waals surface area contributed by atoms with Crippen LogP contribution in [0.5, 0.6) is 11.5 Å². The summed E-state index contributed by atoms with van der Waals surface area (Å²) in [6.07, 6.45) is 4.06. The Morgan fingerprint density at radius 1 is 0.878 bits per heavy atom. The number of ether oxygens (including phenoxy) is 2. The van der Waals surface area contributed by atoms with E-state index in [1.54, 1.807) is 24.3 Å². The van der Waals surface area contributed by atoms with Crippen molar-refractivity contribution in [1.82, 2.24) is 10.2 Å². The van der Waals surface area contributed by atoms with Crippen LogP contribution in [0.1, 0.15) is 42.4 Å². The Morgan fingerprint density at radius 3 is 2.22 bits per heavy atom. The maximum atomic E-state index is 14.8. The Kier molecular flexibility index (Phi) is 12.0. The van der Waals surface area contributed by atoms with Gasteiger partial charge in [0.1, 0.15) is 24.1 Å².